The smallest absolute Gasteiger partial charge is 0.344 e. The fraction of sp³-hybridized carbons (Fsp3) is 0.545. The maximum atomic E-state index is 12.3. The molecule has 1 N–H and O–H groups in total. The first-order valence-corrected chi connectivity index (χ1v) is 9.88. The predicted molar refractivity (Wildman–Crippen MR) is 108 cm³/mol. The molecule has 2 rings (SSSR count). The molecule has 1 amide bonds. The first-order valence-electron chi connectivity index (χ1n) is 9.88. The fourth-order valence-electron chi connectivity index (χ4n) is 3.35. The SMILES string of the molecule is C/C=C/c1ccc(OCC(=O)O[C@H](C)C(=O)N[C@@H]2CCCC[C@@H]2C)c(OC)c1. The van der Waals surface area contributed by atoms with Crippen LogP contribution in [-0.2, 0) is 14.3 Å². The van der Waals surface area contributed by atoms with E-state index in [0.717, 1.165) is 24.8 Å². The number of nitrogens with one attached hydrogen (secondary N) is 1. The summed E-state index contributed by atoms with van der Waals surface area (Å²) in [5.41, 5.74) is 0.969. The van der Waals surface area contributed by atoms with Crippen molar-refractivity contribution in [1.82, 2.24) is 5.32 Å². The molecular weight excluding hydrogens is 358 g/mol. The summed E-state index contributed by atoms with van der Waals surface area (Å²) in [4.78, 5) is 24.4. The second-order valence-corrected chi connectivity index (χ2v) is 7.21. The van der Waals surface area contributed by atoms with Crippen LogP contribution in [0.4, 0.5) is 0 Å². The Morgan fingerprint density at radius 1 is 1.25 bits per heavy atom. The standard InChI is InChI=1S/C22H31NO5/c1-5-8-17-11-12-19(20(13-17)26-4)27-14-21(24)28-16(3)22(25)23-18-10-7-6-9-15(18)2/h5,8,11-13,15-16,18H,6-7,9-10,14H2,1-4H3,(H,23,25)/b8-5+/t15-,16+,18+/m0/s1. The molecule has 0 aromatic heterocycles. The number of methoxy groups -OCH3 is 1. The quantitative estimate of drug-likeness (QED) is 0.686. The molecule has 1 aliphatic rings. The minimum atomic E-state index is -0.857. The van der Waals surface area contributed by atoms with Gasteiger partial charge in [-0.05, 0) is 50.3 Å². The van der Waals surface area contributed by atoms with Gasteiger partial charge in [0.15, 0.2) is 24.2 Å². The molecule has 6 heteroatoms. The van der Waals surface area contributed by atoms with Crippen molar-refractivity contribution in [3.63, 3.8) is 0 Å². The summed E-state index contributed by atoms with van der Waals surface area (Å²) in [5.74, 6) is 0.558. The highest BCUT2D eigenvalue weighted by atomic mass is 16.6. The lowest BCUT2D eigenvalue weighted by Crippen LogP contribution is -2.46. The van der Waals surface area contributed by atoms with E-state index in [9.17, 15) is 9.59 Å². The maximum absolute atomic E-state index is 12.3. The monoisotopic (exact) mass is 389 g/mol. The Balaban J connectivity index is 1.83. The summed E-state index contributed by atoms with van der Waals surface area (Å²) in [6.45, 7) is 5.35. The lowest BCUT2D eigenvalue weighted by Gasteiger charge is -2.30. The number of ether oxygens (including phenoxy) is 3. The van der Waals surface area contributed by atoms with E-state index in [1.165, 1.54) is 6.42 Å². The highest BCUT2D eigenvalue weighted by Crippen LogP contribution is 2.28. The van der Waals surface area contributed by atoms with Crippen molar-refractivity contribution in [2.75, 3.05) is 13.7 Å². The van der Waals surface area contributed by atoms with Crippen LogP contribution in [0.2, 0.25) is 0 Å². The Labute approximate surface area is 167 Å². The summed E-state index contributed by atoms with van der Waals surface area (Å²) in [6.07, 6.45) is 7.41. The number of amides is 1. The first-order chi connectivity index (χ1) is 13.4. The van der Waals surface area contributed by atoms with Gasteiger partial charge in [-0.1, -0.05) is 38.0 Å². The molecule has 1 aromatic carbocycles. The van der Waals surface area contributed by atoms with Gasteiger partial charge in [0.2, 0.25) is 0 Å². The minimum absolute atomic E-state index is 0.151. The molecule has 0 saturated heterocycles. The largest absolute Gasteiger partial charge is 0.493 e. The lowest BCUT2D eigenvalue weighted by atomic mass is 9.86. The van der Waals surface area contributed by atoms with Gasteiger partial charge in [0.1, 0.15) is 0 Å². The van der Waals surface area contributed by atoms with Gasteiger partial charge in [-0.2, -0.15) is 0 Å². The van der Waals surface area contributed by atoms with Crippen LogP contribution in [0.25, 0.3) is 6.08 Å². The highest BCUT2D eigenvalue weighted by Gasteiger charge is 2.26. The summed E-state index contributed by atoms with van der Waals surface area (Å²) in [6, 6.07) is 5.58. The zero-order chi connectivity index (χ0) is 20.5. The van der Waals surface area contributed by atoms with Crippen LogP contribution in [-0.4, -0.2) is 37.7 Å². The van der Waals surface area contributed by atoms with Gasteiger partial charge < -0.3 is 19.5 Å². The van der Waals surface area contributed by atoms with Crippen LogP contribution in [0.15, 0.2) is 24.3 Å². The van der Waals surface area contributed by atoms with Crippen molar-refractivity contribution in [2.24, 2.45) is 5.92 Å². The van der Waals surface area contributed by atoms with E-state index in [-0.39, 0.29) is 18.6 Å². The van der Waals surface area contributed by atoms with Gasteiger partial charge in [0, 0.05) is 6.04 Å². The van der Waals surface area contributed by atoms with Crippen molar-refractivity contribution in [3.8, 4) is 11.5 Å². The second kappa shape index (κ2) is 10.7. The van der Waals surface area contributed by atoms with Crippen LogP contribution in [0, 0.1) is 5.92 Å². The third-order valence-corrected chi connectivity index (χ3v) is 5.01. The fourth-order valence-corrected chi connectivity index (χ4v) is 3.35. The number of hydrogen-bond acceptors (Lipinski definition) is 5. The van der Waals surface area contributed by atoms with Gasteiger partial charge in [-0.3, -0.25) is 4.79 Å². The Kier molecular flexibility index (Phi) is 8.36. The molecular formula is C22H31NO5. The van der Waals surface area contributed by atoms with Crippen LogP contribution in [0.5, 0.6) is 11.5 Å². The number of benzene rings is 1. The number of allylic oxidation sites excluding steroid dienone is 1. The second-order valence-electron chi connectivity index (χ2n) is 7.21. The van der Waals surface area contributed by atoms with E-state index >= 15 is 0 Å². The van der Waals surface area contributed by atoms with Crippen molar-refractivity contribution in [2.45, 2.75) is 58.6 Å². The molecule has 0 bridgehead atoms. The molecule has 1 fully saturated rings. The number of carbonyl (C=O) groups is 2. The predicted octanol–water partition coefficient (Wildman–Crippen LogP) is 3.73. The molecule has 0 radical (unpaired) electrons. The molecule has 1 aromatic rings. The molecule has 154 valence electrons. The number of rotatable bonds is 8. The number of esters is 1. The van der Waals surface area contributed by atoms with Crippen LogP contribution in [0.3, 0.4) is 0 Å². The molecule has 3 atom stereocenters. The molecule has 0 aliphatic heterocycles. The molecule has 0 unspecified atom stereocenters. The van der Waals surface area contributed by atoms with Crippen molar-refractivity contribution in [3.05, 3.63) is 29.8 Å². The van der Waals surface area contributed by atoms with E-state index in [1.54, 1.807) is 20.1 Å². The minimum Gasteiger partial charge on any atom is -0.493 e. The molecule has 1 aliphatic carbocycles. The van der Waals surface area contributed by atoms with Crippen LogP contribution < -0.4 is 14.8 Å². The molecule has 28 heavy (non-hydrogen) atoms. The van der Waals surface area contributed by atoms with Gasteiger partial charge in [0.05, 0.1) is 7.11 Å². The normalized spacial score (nSPS) is 20.4. The topological polar surface area (TPSA) is 73.9 Å². The summed E-state index contributed by atoms with van der Waals surface area (Å²) in [7, 11) is 1.54. The van der Waals surface area contributed by atoms with Gasteiger partial charge in [0.25, 0.3) is 5.91 Å². The molecule has 0 spiro atoms. The molecule has 1 saturated carbocycles. The van der Waals surface area contributed by atoms with Crippen LogP contribution in [0.1, 0.15) is 52.0 Å². The first kappa shape index (κ1) is 21.8. The Morgan fingerprint density at radius 3 is 2.68 bits per heavy atom. The summed E-state index contributed by atoms with van der Waals surface area (Å²) < 4.78 is 16.0. The summed E-state index contributed by atoms with van der Waals surface area (Å²) >= 11 is 0. The summed E-state index contributed by atoms with van der Waals surface area (Å²) in [5, 5.41) is 3.00. The Bertz CT molecular complexity index is 700. The van der Waals surface area contributed by atoms with Gasteiger partial charge in [-0.15, -0.1) is 0 Å². The van der Waals surface area contributed by atoms with Gasteiger partial charge in [-0.25, -0.2) is 4.79 Å². The van der Waals surface area contributed by atoms with E-state index < -0.39 is 12.1 Å². The highest BCUT2D eigenvalue weighted by molar-refractivity contribution is 5.84. The zero-order valence-corrected chi connectivity index (χ0v) is 17.2. The van der Waals surface area contributed by atoms with E-state index in [4.69, 9.17) is 14.2 Å². The maximum Gasteiger partial charge on any atom is 0.344 e. The van der Waals surface area contributed by atoms with Crippen molar-refractivity contribution >= 4 is 18.0 Å². The van der Waals surface area contributed by atoms with E-state index in [0.29, 0.717) is 17.4 Å². The van der Waals surface area contributed by atoms with Gasteiger partial charge >= 0.3 is 5.97 Å². The Hall–Kier alpha value is -2.50. The lowest BCUT2D eigenvalue weighted by molar-refractivity contribution is -0.157. The van der Waals surface area contributed by atoms with Crippen LogP contribution >= 0.6 is 0 Å². The molecule has 0 heterocycles. The van der Waals surface area contributed by atoms with Crippen molar-refractivity contribution < 1.29 is 23.8 Å². The number of carbonyl (C=O) groups excluding carboxylic acids is 2. The van der Waals surface area contributed by atoms with Crippen molar-refractivity contribution in [1.29, 1.82) is 0 Å². The average molecular weight is 389 g/mol. The Morgan fingerprint density at radius 2 is 2.00 bits per heavy atom. The third-order valence-electron chi connectivity index (χ3n) is 5.01. The van der Waals surface area contributed by atoms with E-state index in [2.05, 4.69) is 12.2 Å². The van der Waals surface area contributed by atoms with E-state index in [1.807, 2.05) is 31.2 Å². The third kappa shape index (κ3) is 6.29. The average Bonchev–Trinajstić information content (AvgIpc) is 2.68. The number of hydrogen-bond donors (Lipinski definition) is 1. The zero-order valence-electron chi connectivity index (χ0n) is 17.2. The molecule has 6 nitrogen and oxygen atoms in total.